The van der Waals surface area contributed by atoms with Crippen molar-refractivity contribution in [1.29, 1.82) is 0 Å². The lowest BCUT2D eigenvalue weighted by molar-refractivity contribution is -0.180. The van der Waals surface area contributed by atoms with Gasteiger partial charge < -0.3 is 5.32 Å². The Kier molecular flexibility index (Phi) is 5.95. The second kappa shape index (κ2) is 8.87. The largest absolute Gasteiger partial charge is 0.401 e. The Morgan fingerprint density at radius 3 is 2.32 bits per heavy atom. The smallest absolute Gasteiger partial charge is 0.307 e. The van der Waals surface area contributed by atoms with E-state index in [0.717, 1.165) is 59.6 Å². The fraction of sp³-hybridized carbons (Fsp3) is 0.600. The second-order valence-corrected chi connectivity index (χ2v) is 12.8. The number of rotatable bonds is 6. The average Bonchev–Trinajstić information content (AvgIpc) is 3.50. The van der Waals surface area contributed by atoms with Crippen LogP contribution in [0.5, 0.6) is 0 Å². The molecule has 1 saturated heterocycles. The summed E-state index contributed by atoms with van der Waals surface area (Å²) < 4.78 is 70.1. The number of halogens is 3. The lowest BCUT2D eigenvalue weighted by Gasteiger charge is -2.60. The van der Waals surface area contributed by atoms with Crippen LogP contribution < -0.4 is 14.3 Å². The Labute approximate surface area is 219 Å². The third-order valence-corrected chi connectivity index (χ3v) is 9.80. The van der Waals surface area contributed by atoms with E-state index in [1.165, 1.54) is 26.9 Å². The molecule has 9 nitrogen and oxygen atoms in total. The number of hydrogen-bond donors (Lipinski definition) is 2. The second-order valence-electron chi connectivity index (χ2n) is 11.3. The van der Waals surface area contributed by atoms with Gasteiger partial charge in [0.05, 0.1) is 18.4 Å². The lowest BCUT2D eigenvalue weighted by Crippen LogP contribution is -2.68. The van der Waals surface area contributed by atoms with Crippen LogP contribution in [0.2, 0.25) is 0 Å². The Morgan fingerprint density at radius 2 is 1.76 bits per heavy atom. The van der Waals surface area contributed by atoms with Crippen molar-refractivity contribution >= 4 is 27.6 Å². The van der Waals surface area contributed by atoms with Gasteiger partial charge in [-0.3, -0.25) is 9.58 Å². The van der Waals surface area contributed by atoms with Gasteiger partial charge in [0.1, 0.15) is 0 Å². The minimum atomic E-state index is -4.32. The first-order valence-corrected chi connectivity index (χ1v) is 14.4. The van der Waals surface area contributed by atoms with E-state index < -0.39 is 35.0 Å². The summed E-state index contributed by atoms with van der Waals surface area (Å²) in [5.41, 5.74) is 5.35. The maximum absolute atomic E-state index is 13.6. The molecular weight excluding hydrogens is 521 g/mol. The summed E-state index contributed by atoms with van der Waals surface area (Å²) in [4.78, 5) is 14.4. The molecule has 13 heteroatoms. The van der Waals surface area contributed by atoms with E-state index in [-0.39, 0.29) is 18.5 Å². The predicted molar refractivity (Wildman–Crippen MR) is 135 cm³/mol. The number of carbonyl (C=O) groups excluding carboxylic acids is 1. The van der Waals surface area contributed by atoms with Crippen molar-refractivity contribution in [2.24, 2.45) is 12.5 Å². The van der Waals surface area contributed by atoms with Gasteiger partial charge in [0.15, 0.2) is 0 Å². The highest BCUT2D eigenvalue weighted by atomic mass is 32.2. The molecule has 1 saturated carbocycles. The standard InChI is InChI=1S/C25H31F3N6O3S/c1-32-12-19(11-29-32)34(18-9-24(10-18)13-33(14-24)15-25(26,27)28)38(36,37)31-23(35)30-22-20-6-2-4-16(20)8-17-5-3-7-21(17)22/h8,11-12,18H,2-7,9-10,13-15H2,1H3,(H2,30,31,35). The summed E-state index contributed by atoms with van der Waals surface area (Å²) >= 11 is 0. The van der Waals surface area contributed by atoms with Crippen LogP contribution in [0.1, 0.15) is 47.9 Å². The van der Waals surface area contributed by atoms with Crippen molar-refractivity contribution in [3.63, 3.8) is 0 Å². The Bertz CT molecular complexity index is 1340. The number of aromatic nitrogens is 2. The summed E-state index contributed by atoms with van der Waals surface area (Å²) in [6.45, 7) is -0.400. The number of aryl methyl sites for hydroxylation is 3. The number of anilines is 2. The Balaban J connectivity index is 1.18. The lowest BCUT2D eigenvalue weighted by atomic mass is 9.60. The van der Waals surface area contributed by atoms with Crippen molar-refractivity contribution < 1.29 is 26.4 Å². The molecule has 1 aromatic carbocycles. The van der Waals surface area contributed by atoms with E-state index in [1.54, 1.807) is 13.2 Å². The molecule has 0 atom stereocenters. The zero-order valence-electron chi connectivity index (χ0n) is 21.1. The van der Waals surface area contributed by atoms with Crippen molar-refractivity contribution in [1.82, 2.24) is 19.4 Å². The van der Waals surface area contributed by atoms with E-state index in [4.69, 9.17) is 0 Å². The van der Waals surface area contributed by atoms with Crippen LogP contribution in [-0.4, -0.2) is 61.0 Å². The monoisotopic (exact) mass is 552 g/mol. The number of urea groups is 1. The van der Waals surface area contributed by atoms with Crippen molar-refractivity contribution in [2.45, 2.75) is 63.6 Å². The van der Waals surface area contributed by atoms with Crippen molar-refractivity contribution in [3.05, 3.63) is 40.7 Å². The molecular formula is C25H31F3N6O3S. The maximum Gasteiger partial charge on any atom is 0.401 e. The summed E-state index contributed by atoms with van der Waals surface area (Å²) in [7, 11) is -2.66. The van der Waals surface area contributed by atoms with Gasteiger partial charge in [-0.05, 0) is 79.0 Å². The minimum Gasteiger partial charge on any atom is -0.307 e. The third kappa shape index (κ3) is 4.63. The molecule has 2 N–H and O–H groups in total. The highest BCUT2D eigenvalue weighted by Gasteiger charge is 2.57. The minimum absolute atomic E-state index is 0.280. The van der Waals surface area contributed by atoms with Gasteiger partial charge >= 0.3 is 22.4 Å². The number of hydrogen-bond acceptors (Lipinski definition) is 5. The molecule has 2 aromatic rings. The van der Waals surface area contributed by atoms with Gasteiger partial charge in [-0.2, -0.15) is 26.7 Å². The summed E-state index contributed by atoms with van der Waals surface area (Å²) in [5.74, 6) is 0. The first-order chi connectivity index (χ1) is 17.9. The zero-order valence-corrected chi connectivity index (χ0v) is 22.0. The molecule has 2 amide bonds. The first-order valence-electron chi connectivity index (χ1n) is 13.0. The number of alkyl halides is 3. The molecule has 0 radical (unpaired) electrons. The van der Waals surface area contributed by atoms with Gasteiger partial charge in [-0.15, -0.1) is 0 Å². The highest BCUT2D eigenvalue weighted by Crippen LogP contribution is 2.52. The predicted octanol–water partition coefficient (Wildman–Crippen LogP) is 3.30. The fourth-order valence-electron chi connectivity index (χ4n) is 6.97. The van der Waals surface area contributed by atoms with Gasteiger partial charge in [0, 0.05) is 38.1 Å². The maximum atomic E-state index is 13.6. The summed E-state index contributed by atoms with van der Waals surface area (Å²) in [5, 5.41) is 6.95. The molecule has 1 aromatic heterocycles. The van der Waals surface area contributed by atoms with Gasteiger partial charge in [-0.25, -0.2) is 13.8 Å². The number of benzene rings is 1. The van der Waals surface area contributed by atoms with E-state index in [0.29, 0.717) is 18.5 Å². The molecule has 4 aliphatic rings. The number of nitrogens with zero attached hydrogens (tertiary/aromatic N) is 4. The molecule has 206 valence electrons. The van der Waals surface area contributed by atoms with Gasteiger partial charge in [0.2, 0.25) is 0 Å². The van der Waals surface area contributed by atoms with E-state index >= 15 is 0 Å². The Hall–Kier alpha value is -2.80. The van der Waals surface area contributed by atoms with Gasteiger partial charge in [0.25, 0.3) is 0 Å². The molecule has 2 heterocycles. The number of amides is 2. The zero-order chi connectivity index (χ0) is 26.9. The van der Waals surface area contributed by atoms with E-state index in [2.05, 4.69) is 21.2 Å². The van der Waals surface area contributed by atoms with Crippen LogP contribution in [0, 0.1) is 5.41 Å². The van der Waals surface area contributed by atoms with Crippen LogP contribution in [0.4, 0.5) is 29.3 Å². The molecule has 2 fully saturated rings. The molecule has 3 aliphatic carbocycles. The SMILES string of the molecule is Cn1cc(N(C2CC3(C2)CN(CC(F)(F)F)C3)S(=O)(=O)NC(=O)Nc2c3c(cc4c2CCC4)CCC3)cn1. The average molecular weight is 553 g/mol. The van der Waals surface area contributed by atoms with Crippen LogP contribution in [0.25, 0.3) is 0 Å². The molecule has 0 bridgehead atoms. The van der Waals surface area contributed by atoms with Gasteiger partial charge in [-0.1, -0.05) is 6.07 Å². The third-order valence-electron chi connectivity index (χ3n) is 8.33. The molecule has 38 heavy (non-hydrogen) atoms. The molecule has 0 unspecified atom stereocenters. The summed E-state index contributed by atoms with van der Waals surface area (Å²) in [6, 6.07) is 0.933. The Morgan fingerprint density at radius 1 is 1.13 bits per heavy atom. The number of carbonyl (C=O) groups is 1. The van der Waals surface area contributed by atoms with Crippen LogP contribution in [0.15, 0.2) is 18.5 Å². The van der Waals surface area contributed by atoms with Crippen LogP contribution >= 0.6 is 0 Å². The molecule has 1 aliphatic heterocycles. The van der Waals surface area contributed by atoms with Crippen molar-refractivity contribution in [2.75, 3.05) is 29.3 Å². The highest BCUT2D eigenvalue weighted by molar-refractivity contribution is 7.91. The summed E-state index contributed by atoms with van der Waals surface area (Å²) in [6.07, 6.45) is 5.15. The van der Waals surface area contributed by atoms with E-state index in [1.807, 2.05) is 0 Å². The van der Waals surface area contributed by atoms with Crippen molar-refractivity contribution in [3.8, 4) is 0 Å². The molecule has 1 spiro atoms. The van der Waals surface area contributed by atoms with Crippen LogP contribution in [-0.2, 0) is 42.9 Å². The number of likely N-dealkylation sites (tertiary alicyclic amines) is 1. The number of nitrogens with one attached hydrogen (secondary N) is 2. The van der Waals surface area contributed by atoms with Crippen LogP contribution in [0.3, 0.4) is 0 Å². The first kappa shape index (κ1) is 25.5. The fourth-order valence-corrected chi connectivity index (χ4v) is 8.27. The molecule has 6 rings (SSSR count). The normalized spacial score (nSPS) is 20.5. The number of fused-ring (bicyclic) bond motifs is 2. The topological polar surface area (TPSA) is 99.6 Å². The van der Waals surface area contributed by atoms with E-state index in [9.17, 15) is 26.4 Å². The quantitative estimate of drug-likeness (QED) is 0.573.